The van der Waals surface area contributed by atoms with Crippen molar-refractivity contribution in [3.8, 4) is 6.07 Å². The van der Waals surface area contributed by atoms with Crippen molar-refractivity contribution in [2.45, 2.75) is 12.2 Å². The predicted octanol–water partition coefficient (Wildman–Crippen LogP) is 1.67. The van der Waals surface area contributed by atoms with Gasteiger partial charge in [0.2, 0.25) is 5.91 Å². The van der Waals surface area contributed by atoms with Crippen LogP contribution in [0, 0.1) is 11.3 Å². The van der Waals surface area contributed by atoms with E-state index in [4.69, 9.17) is 11.0 Å². The molecule has 0 bridgehead atoms. The lowest BCUT2D eigenvalue weighted by Crippen LogP contribution is -2.10. The minimum atomic E-state index is -0.270. The standard InChI is InChI=1S/C11H12N2OS/c12-7-9-2-1-3-10(6-9)8-15-5-4-11(13)14/h1-3,6H,4-5,8H2,(H2,13,14). The highest BCUT2D eigenvalue weighted by Gasteiger charge is 1.97. The number of primary amides is 1. The number of nitrogens with zero attached hydrogens (tertiary/aromatic N) is 1. The van der Waals surface area contributed by atoms with Crippen LogP contribution in [0.3, 0.4) is 0 Å². The second-order valence-corrected chi connectivity index (χ2v) is 4.19. The fourth-order valence-electron chi connectivity index (χ4n) is 1.09. The Labute approximate surface area is 93.3 Å². The Bertz CT molecular complexity index is 384. The first kappa shape index (κ1) is 11.6. The van der Waals surface area contributed by atoms with Gasteiger partial charge >= 0.3 is 0 Å². The number of nitrogens with two attached hydrogens (primary N) is 1. The van der Waals surface area contributed by atoms with Gasteiger partial charge in [0.15, 0.2) is 0 Å². The second kappa shape index (κ2) is 6.10. The molecule has 1 aromatic rings. The van der Waals surface area contributed by atoms with Gasteiger partial charge in [-0.05, 0) is 17.7 Å². The van der Waals surface area contributed by atoms with Gasteiger partial charge < -0.3 is 5.73 Å². The fourth-order valence-corrected chi connectivity index (χ4v) is 2.00. The third kappa shape index (κ3) is 4.52. The van der Waals surface area contributed by atoms with E-state index in [9.17, 15) is 4.79 Å². The lowest BCUT2D eigenvalue weighted by atomic mass is 10.2. The summed E-state index contributed by atoms with van der Waals surface area (Å²) in [5.41, 5.74) is 6.79. The third-order valence-corrected chi connectivity index (χ3v) is 2.85. The summed E-state index contributed by atoms with van der Waals surface area (Å²) in [7, 11) is 0. The van der Waals surface area contributed by atoms with E-state index in [1.54, 1.807) is 17.8 Å². The molecule has 0 saturated carbocycles. The molecule has 2 N–H and O–H groups in total. The first-order valence-corrected chi connectivity index (χ1v) is 5.73. The average Bonchev–Trinajstić information content (AvgIpc) is 2.24. The van der Waals surface area contributed by atoms with E-state index < -0.39 is 0 Å². The van der Waals surface area contributed by atoms with Gasteiger partial charge in [0.1, 0.15) is 0 Å². The summed E-state index contributed by atoms with van der Waals surface area (Å²) in [5.74, 6) is 1.27. The molecule has 3 nitrogen and oxygen atoms in total. The first-order valence-electron chi connectivity index (χ1n) is 4.57. The Balaban J connectivity index is 2.38. The largest absolute Gasteiger partial charge is 0.370 e. The molecule has 78 valence electrons. The zero-order valence-corrected chi connectivity index (χ0v) is 9.09. The minimum Gasteiger partial charge on any atom is -0.370 e. The van der Waals surface area contributed by atoms with E-state index in [1.165, 1.54) is 0 Å². The van der Waals surface area contributed by atoms with Gasteiger partial charge in [-0.15, -0.1) is 0 Å². The van der Waals surface area contributed by atoms with Crippen LogP contribution >= 0.6 is 11.8 Å². The van der Waals surface area contributed by atoms with Gasteiger partial charge in [-0.3, -0.25) is 4.79 Å². The summed E-state index contributed by atoms with van der Waals surface area (Å²) >= 11 is 1.64. The Morgan fingerprint density at radius 3 is 3.00 bits per heavy atom. The van der Waals surface area contributed by atoms with Crippen molar-refractivity contribution in [1.29, 1.82) is 5.26 Å². The summed E-state index contributed by atoms with van der Waals surface area (Å²) in [6.07, 6.45) is 0.405. The van der Waals surface area contributed by atoms with Crippen molar-refractivity contribution in [3.05, 3.63) is 35.4 Å². The maximum Gasteiger partial charge on any atom is 0.218 e. The molecule has 0 aliphatic heterocycles. The molecule has 1 rings (SSSR count). The molecule has 0 spiro atoms. The van der Waals surface area contributed by atoms with E-state index in [2.05, 4.69) is 6.07 Å². The van der Waals surface area contributed by atoms with Gasteiger partial charge in [-0.1, -0.05) is 12.1 Å². The van der Waals surface area contributed by atoms with Crippen molar-refractivity contribution in [2.75, 3.05) is 5.75 Å². The summed E-state index contributed by atoms with van der Waals surface area (Å²) in [4.78, 5) is 10.5. The third-order valence-electron chi connectivity index (χ3n) is 1.82. The van der Waals surface area contributed by atoms with Crippen molar-refractivity contribution in [2.24, 2.45) is 5.73 Å². The minimum absolute atomic E-state index is 0.270. The Hall–Kier alpha value is -1.47. The number of carbonyl (C=O) groups excluding carboxylic acids is 1. The summed E-state index contributed by atoms with van der Waals surface area (Å²) in [6.45, 7) is 0. The van der Waals surface area contributed by atoms with E-state index in [-0.39, 0.29) is 5.91 Å². The normalized spacial score (nSPS) is 9.53. The van der Waals surface area contributed by atoms with E-state index in [0.29, 0.717) is 12.0 Å². The number of hydrogen-bond acceptors (Lipinski definition) is 3. The number of hydrogen-bond donors (Lipinski definition) is 1. The number of benzene rings is 1. The van der Waals surface area contributed by atoms with Gasteiger partial charge in [-0.2, -0.15) is 17.0 Å². The predicted molar refractivity (Wildman–Crippen MR) is 61.1 cm³/mol. The maximum absolute atomic E-state index is 10.5. The SMILES string of the molecule is N#Cc1cccc(CSCCC(N)=O)c1. The highest BCUT2D eigenvalue weighted by Crippen LogP contribution is 2.14. The quantitative estimate of drug-likeness (QED) is 0.767. The zero-order chi connectivity index (χ0) is 11.1. The van der Waals surface area contributed by atoms with E-state index in [1.807, 2.05) is 18.2 Å². The lowest BCUT2D eigenvalue weighted by Gasteiger charge is -2.00. The number of amides is 1. The lowest BCUT2D eigenvalue weighted by molar-refractivity contribution is -0.117. The van der Waals surface area contributed by atoms with Crippen LogP contribution in [0.4, 0.5) is 0 Å². The molecule has 15 heavy (non-hydrogen) atoms. The maximum atomic E-state index is 10.5. The molecule has 0 aliphatic carbocycles. The molecule has 4 heteroatoms. The van der Waals surface area contributed by atoms with E-state index >= 15 is 0 Å². The number of rotatable bonds is 5. The molecule has 0 aromatic heterocycles. The van der Waals surface area contributed by atoms with Crippen LogP contribution in [0.15, 0.2) is 24.3 Å². The van der Waals surface area contributed by atoms with Gasteiger partial charge in [0, 0.05) is 17.9 Å². The van der Waals surface area contributed by atoms with Crippen LogP contribution < -0.4 is 5.73 Å². The average molecular weight is 220 g/mol. The number of carbonyl (C=O) groups is 1. The highest BCUT2D eigenvalue weighted by molar-refractivity contribution is 7.98. The first-order chi connectivity index (χ1) is 7.22. The molecule has 1 amide bonds. The Kier molecular flexibility index (Phi) is 4.72. The van der Waals surface area contributed by atoms with Crippen LogP contribution in [0.1, 0.15) is 17.5 Å². The highest BCUT2D eigenvalue weighted by atomic mass is 32.2. The smallest absolute Gasteiger partial charge is 0.218 e. The van der Waals surface area contributed by atoms with E-state index in [0.717, 1.165) is 17.1 Å². The van der Waals surface area contributed by atoms with Crippen LogP contribution in [0.2, 0.25) is 0 Å². The van der Waals surface area contributed by atoms with Gasteiger partial charge in [-0.25, -0.2) is 0 Å². The zero-order valence-electron chi connectivity index (χ0n) is 8.27. The van der Waals surface area contributed by atoms with Crippen LogP contribution in [0.25, 0.3) is 0 Å². The molecular weight excluding hydrogens is 208 g/mol. The monoisotopic (exact) mass is 220 g/mol. The molecule has 1 aromatic carbocycles. The van der Waals surface area contributed by atoms with Crippen LogP contribution in [-0.2, 0) is 10.5 Å². The molecule has 0 atom stereocenters. The number of thioether (sulfide) groups is 1. The Morgan fingerprint density at radius 2 is 2.33 bits per heavy atom. The summed E-state index contributed by atoms with van der Waals surface area (Å²) in [5, 5.41) is 8.69. The molecule has 0 heterocycles. The van der Waals surface area contributed by atoms with Gasteiger partial charge in [0.05, 0.1) is 11.6 Å². The molecular formula is C11H12N2OS. The molecule has 0 unspecified atom stereocenters. The Morgan fingerprint density at radius 1 is 1.53 bits per heavy atom. The molecule has 0 radical (unpaired) electrons. The van der Waals surface area contributed by atoms with Crippen molar-refractivity contribution in [3.63, 3.8) is 0 Å². The number of nitriles is 1. The summed E-state index contributed by atoms with van der Waals surface area (Å²) in [6, 6.07) is 9.56. The molecule has 0 fully saturated rings. The van der Waals surface area contributed by atoms with Crippen molar-refractivity contribution >= 4 is 17.7 Å². The van der Waals surface area contributed by atoms with Gasteiger partial charge in [0.25, 0.3) is 0 Å². The molecule has 0 saturated heterocycles. The summed E-state index contributed by atoms with van der Waals surface area (Å²) < 4.78 is 0. The van der Waals surface area contributed by atoms with Crippen LogP contribution in [0.5, 0.6) is 0 Å². The van der Waals surface area contributed by atoms with Crippen LogP contribution in [-0.4, -0.2) is 11.7 Å². The fraction of sp³-hybridized carbons (Fsp3) is 0.273. The topological polar surface area (TPSA) is 66.9 Å². The second-order valence-electron chi connectivity index (χ2n) is 3.08. The van der Waals surface area contributed by atoms with Crippen molar-refractivity contribution < 1.29 is 4.79 Å². The molecule has 0 aliphatic rings. The van der Waals surface area contributed by atoms with Crippen molar-refractivity contribution in [1.82, 2.24) is 0 Å².